The van der Waals surface area contributed by atoms with Gasteiger partial charge in [-0.3, -0.25) is 9.59 Å². The third kappa shape index (κ3) is 8.79. The average Bonchev–Trinajstić information content (AvgIpc) is 2.22. The fourth-order valence-electron chi connectivity index (χ4n) is 0.868. The van der Waals surface area contributed by atoms with E-state index in [-0.39, 0.29) is 26.1 Å². The molecule has 3 N–H and O–H groups in total. The molecule has 7 nitrogen and oxygen atoms in total. The molecule has 0 saturated carbocycles. The molecule has 0 rings (SSSR count). The van der Waals surface area contributed by atoms with Gasteiger partial charge in [0.05, 0.1) is 6.61 Å². The Kier molecular flexibility index (Phi) is 7.56. The monoisotopic (exact) mass is 232 g/mol. The van der Waals surface area contributed by atoms with Crippen molar-refractivity contribution in [3.8, 4) is 0 Å². The van der Waals surface area contributed by atoms with Gasteiger partial charge in [0.25, 0.3) is 0 Å². The lowest BCUT2D eigenvalue weighted by molar-refractivity contribution is -0.141. The molecule has 0 heterocycles. The molecule has 0 saturated heterocycles. The van der Waals surface area contributed by atoms with Gasteiger partial charge >= 0.3 is 18.0 Å². The largest absolute Gasteiger partial charge is 0.481 e. The van der Waals surface area contributed by atoms with E-state index in [2.05, 4.69) is 15.4 Å². The highest BCUT2D eigenvalue weighted by atomic mass is 16.5. The summed E-state index contributed by atoms with van der Waals surface area (Å²) in [6.07, 6.45) is 0.348. The number of carbonyl (C=O) groups is 3. The highest BCUT2D eigenvalue weighted by Gasteiger charge is 2.05. The molecule has 0 aliphatic carbocycles. The van der Waals surface area contributed by atoms with Crippen LogP contribution >= 0.6 is 0 Å². The van der Waals surface area contributed by atoms with Crippen LogP contribution in [0.15, 0.2) is 0 Å². The minimum atomic E-state index is -0.909. The molecule has 0 bridgehead atoms. The zero-order valence-electron chi connectivity index (χ0n) is 9.12. The molecule has 2 amide bonds. The molecule has 92 valence electrons. The maximum absolute atomic E-state index is 11.0. The van der Waals surface area contributed by atoms with Gasteiger partial charge in [-0.1, -0.05) is 0 Å². The summed E-state index contributed by atoms with van der Waals surface area (Å²) in [7, 11) is 0. The first kappa shape index (κ1) is 14.2. The molecule has 16 heavy (non-hydrogen) atoms. The lowest BCUT2D eigenvalue weighted by Gasteiger charge is -2.06. The summed E-state index contributed by atoms with van der Waals surface area (Å²) < 4.78 is 4.59. The third-order valence-corrected chi connectivity index (χ3v) is 1.55. The first-order chi connectivity index (χ1) is 7.56. The molecule has 7 heteroatoms. The van der Waals surface area contributed by atoms with Gasteiger partial charge in [0.2, 0.25) is 0 Å². The van der Waals surface area contributed by atoms with Crippen LogP contribution in [-0.2, 0) is 14.3 Å². The topological polar surface area (TPSA) is 105 Å². The third-order valence-electron chi connectivity index (χ3n) is 1.55. The van der Waals surface area contributed by atoms with Crippen LogP contribution in [0.25, 0.3) is 0 Å². The Morgan fingerprint density at radius 1 is 1.25 bits per heavy atom. The first-order valence-corrected chi connectivity index (χ1v) is 4.95. The summed E-state index contributed by atoms with van der Waals surface area (Å²) >= 11 is 0. The molecular formula is C9H16N2O5. The van der Waals surface area contributed by atoms with Crippen molar-refractivity contribution >= 4 is 18.0 Å². The van der Waals surface area contributed by atoms with Crippen molar-refractivity contribution in [2.45, 2.75) is 19.8 Å². The van der Waals surface area contributed by atoms with E-state index in [1.807, 2.05) is 0 Å². The van der Waals surface area contributed by atoms with E-state index in [9.17, 15) is 14.4 Å². The normalized spacial score (nSPS) is 9.31. The number of aliphatic carboxylic acids is 1. The van der Waals surface area contributed by atoms with Gasteiger partial charge in [0.1, 0.15) is 6.54 Å². The summed E-state index contributed by atoms with van der Waals surface area (Å²) in [5, 5.41) is 13.0. The van der Waals surface area contributed by atoms with E-state index in [1.54, 1.807) is 6.92 Å². The second-order valence-corrected chi connectivity index (χ2v) is 2.91. The van der Waals surface area contributed by atoms with Crippen LogP contribution in [0, 0.1) is 0 Å². The number of hydrogen-bond acceptors (Lipinski definition) is 4. The number of carboxylic acid groups (broad SMARTS) is 1. The number of ether oxygens (including phenoxy) is 1. The number of carboxylic acids is 1. The minimum absolute atomic E-state index is 0.00183. The SMILES string of the molecule is CCOC(=O)CNC(=O)NCCCC(=O)O. The summed E-state index contributed by atoms with van der Waals surface area (Å²) in [6.45, 7) is 1.99. The summed E-state index contributed by atoms with van der Waals surface area (Å²) in [5.41, 5.74) is 0. The number of urea groups is 1. The molecule has 0 aromatic rings. The maximum atomic E-state index is 11.0. The number of carbonyl (C=O) groups excluding carboxylic acids is 2. The fraction of sp³-hybridized carbons (Fsp3) is 0.667. The minimum Gasteiger partial charge on any atom is -0.481 e. The lowest BCUT2D eigenvalue weighted by atomic mass is 10.3. The molecule has 0 radical (unpaired) electrons. The Hall–Kier alpha value is -1.79. The Morgan fingerprint density at radius 3 is 2.50 bits per heavy atom. The van der Waals surface area contributed by atoms with Crippen LogP contribution in [-0.4, -0.2) is 42.8 Å². The predicted molar refractivity (Wildman–Crippen MR) is 54.9 cm³/mol. The van der Waals surface area contributed by atoms with Crippen molar-refractivity contribution in [2.24, 2.45) is 0 Å². The van der Waals surface area contributed by atoms with E-state index >= 15 is 0 Å². The maximum Gasteiger partial charge on any atom is 0.325 e. The van der Waals surface area contributed by atoms with Gasteiger partial charge in [0, 0.05) is 13.0 Å². The number of amides is 2. The quantitative estimate of drug-likeness (QED) is 0.413. The van der Waals surface area contributed by atoms with Crippen LogP contribution in [0.5, 0.6) is 0 Å². The zero-order valence-corrected chi connectivity index (χ0v) is 9.12. The van der Waals surface area contributed by atoms with Crippen molar-refractivity contribution < 1.29 is 24.2 Å². The summed E-state index contributed by atoms with van der Waals surface area (Å²) in [4.78, 5) is 32.0. The van der Waals surface area contributed by atoms with Crippen molar-refractivity contribution in [1.29, 1.82) is 0 Å². The lowest BCUT2D eigenvalue weighted by Crippen LogP contribution is -2.39. The number of esters is 1. The van der Waals surface area contributed by atoms with Crippen LogP contribution < -0.4 is 10.6 Å². The summed E-state index contributed by atoms with van der Waals surface area (Å²) in [6, 6.07) is -0.515. The summed E-state index contributed by atoms with van der Waals surface area (Å²) in [5.74, 6) is -1.42. The number of rotatable bonds is 7. The van der Waals surface area contributed by atoms with E-state index in [0.29, 0.717) is 6.42 Å². The molecule has 0 atom stereocenters. The standard InChI is InChI=1S/C9H16N2O5/c1-2-16-8(14)6-11-9(15)10-5-3-4-7(12)13/h2-6H2,1H3,(H,12,13)(H2,10,11,15). The Labute approximate surface area is 93.2 Å². The highest BCUT2D eigenvalue weighted by Crippen LogP contribution is 1.85. The molecule has 0 unspecified atom stereocenters. The number of nitrogens with one attached hydrogen (secondary N) is 2. The second kappa shape index (κ2) is 8.51. The Bertz CT molecular complexity index is 254. The van der Waals surface area contributed by atoms with E-state index in [1.165, 1.54) is 0 Å². The smallest absolute Gasteiger partial charge is 0.325 e. The second-order valence-electron chi connectivity index (χ2n) is 2.91. The zero-order chi connectivity index (χ0) is 12.4. The molecule has 0 aromatic heterocycles. The molecule has 0 aliphatic heterocycles. The molecule has 0 spiro atoms. The van der Waals surface area contributed by atoms with Crippen molar-refractivity contribution in [3.63, 3.8) is 0 Å². The molecule has 0 aliphatic rings. The number of hydrogen-bond donors (Lipinski definition) is 3. The first-order valence-electron chi connectivity index (χ1n) is 4.95. The van der Waals surface area contributed by atoms with Gasteiger partial charge in [0.15, 0.2) is 0 Å². The van der Waals surface area contributed by atoms with Gasteiger partial charge in [-0.15, -0.1) is 0 Å². The molecule has 0 aromatic carbocycles. The van der Waals surface area contributed by atoms with Crippen molar-refractivity contribution in [2.75, 3.05) is 19.7 Å². The van der Waals surface area contributed by atoms with Crippen molar-refractivity contribution in [3.05, 3.63) is 0 Å². The van der Waals surface area contributed by atoms with Crippen LogP contribution in [0.2, 0.25) is 0 Å². The van der Waals surface area contributed by atoms with Gasteiger partial charge in [-0.2, -0.15) is 0 Å². The van der Waals surface area contributed by atoms with Gasteiger partial charge in [-0.05, 0) is 13.3 Å². The van der Waals surface area contributed by atoms with Gasteiger partial charge in [-0.25, -0.2) is 4.79 Å². The fourth-order valence-corrected chi connectivity index (χ4v) is 0.868. The Balaban J connectivity index is 3.44. The average molecular weight is 232 g/mol. The van der Waals surface area contributed by atoms with Gasteiger partial charge < -0.3 is 20.5 Å². The van der Waals surface area contributed by atoms with E-state index < -0.39 is 18.0 Å². The van der Waals surface area contributed by atoms with Crippen molar-refractivity contribution in [1.82, 2.24) is 10.6 Å². The highest BCUT2D eigenvalue weighted by molar-refractivity contribution is 5.80. The molecular weight excluding hydrogens is 216 g/mol. The predicted octanol–water partition coefficient (Wildman–Crippen LogP) is -0.286. The Morgan fingerprint density at radius 2 is 1.94 bits per heavy atom. The molecule has 0 fully saturated rings. The van der Waals surface area contributed by atoms with Crippen LogP contribution in [0.3, 0.4) is 0 Å². The van der Waals surface area contributed by atoms with E-state index in [4.69, 9.17) is 5.11 Å². The van der Waals surface area contributed by atoms with Crippen LogP contribution in [0.4, 0.5) is 4.79 Å². The van der Waals surface area contributed by atoms with Crippen LogP contribution in [0.1, 0.15) is 19.8 Å². The van der Waals surface area contributed by atoms with E-state index in [0.717, 1.165) is 0 Å².